The molecule has 0 spiro atoms. The van der Waals surface area contributed by atoms with Crippen molar-refractivity contribution in [2.24, 2.45) is 0 Å². The second-order valence-electron chi connectivity index (χ2n) is 3.85. The molecule has 18 heavy (non-hydrogen) atoms. The van der Waals surface area contributed by atoms with Crippen molar-refractivity contribution in [3.8, 4) is 5.75 Å². The molecule has 0 saturated carbocycles. The maximum absolute atomic E-state index is 13.3. The highest BCUT2D eigenvalue weighted by Crippen LogP contribution is 2.20. The summed E-state index contributed by atoms with van der Waals surface area (Å²) in [5.41, 5.74) is 1.72. The van der Waals surface area contributed by atoms with Crippen LogP contribution in [0.5, 0.6) is 5.75 Å². The highest BCUT2D eigenvalue weighted by atomic mass is 79.9. The van der Waals surface area contributed by atoms with Crippen LogP contribution < -0.4 is 4.74 Å². The zero-order valence-electron chi connectivity index (χ0n) is 9.50. The van der Waals surface area contributed by atoms with Crippen molar-refractivity contribution in [1.82, 2.24) is 0 Å². The summed E-state index contributed by atoms with van der Waals surface area (Å²) in [6, 6.07) is 12.3. The minimum absolute atomic E-state index is 0.269. The second kappa shape index (κ2) is 6.21. The van der Waals surface area contributed by atoms with E-state index >= 15 is 0 Å². The Labute approximate surface area is 119 Å². The molecular formula is C14H11BrClFO. The number of benzene rings is 2. The smallest absolute Gasteiger partial charge is 0.127 e. The fourth-order valence-electron chi connectivity index (χ4n) is 1.57. The standard InChI is InChI=1S/C14H11BrClFO/c15-12-3-1-2-10(4-12)9-18-14-6-11(8-16)5-13(17)7-14/h1-7H,8-9H2. The quantitative estimate of drug-likeness (QED) is 0.725. The van der Waals surface area contributed by atoms with E-state index in [2.05, 4.69) is 15.9 Å². The number of rotatable bonds is 4. The van der Waals surface area contributed by atoms with E-state index in [0.717, 1.165) is 10.0 Å². The molecular weight excluding hydrogens is 319 g/mol. The topological polar surface area (TPSA) is 9.23 Å². The summed E-state index contributed by atoms with van der Waals surface area (Å²) in [7, 11) is 0. The number of alkyl halides is 1. The van der Waals surface area contributed by atoms with Gasteiger partial charge in [0, 0.05) is 16.4 Å². The van der Waals surface area contributed by atoms with Crippen molar-refractivity contribution in [2.75, 3.05) is 0 Å². The summed E-state index contributed by atoms with van der Waals surface area (Å²) in [6.45, 7) is 0.393. The van der Waals surface area contributed by atoms with E-state index in [9.17, 15) is 4.39 Å². The molecule has 0 aliphatic carbocycles. The fraction of sp³-hybridized carbons (Fsp3) is 0.143. The van der Waals surface area contributed by atoms with E-state index in [1.165, 1.54) is 12.1 Å². The van der Waals surface area contributed by atoms with Crippen molar-refractivity contribution < 1.29 is 9.13 Å². The SMILES string of the molecule is Fc1cc(CCl)cc(OCc2cccc(Br)c2)c1. The molecule has 0 atom stereocenters. The summed E-state index contributed by atoms with van der Waals surface area (Å²) in [5, 5.41) is 0. The van der Waals surface area contributed by atoms with Gasteiger partial charge in [-0.15, -0.1) is 11.6 Å². The third-order valence-electron chi connectivity index (χ3n) is 2.38. The van der Waals surface area contributed by atoms with E-state index in [4.69, 9.17) is 16.3 Å². The first-order chi connectivity index (χ1) is 8.67. The average Bonchev–Trinajstić information content (AvgIpc) is 2.36. The van der Waals surface area contributed by atoms with Gasteiger partial charge in [0.1, 0.15) is 18.2 Å². The molecule has 2 rings (SSSR count). The zero-order valence-corrected chi connectivity index (χ0v) is 11.8. The molecule has 1 nitrogen and oxygen atoms in total. The first-order valence-electron chi connectivity index (χ1n) is 5.40. The highest BCUT2D eigenvalue weighted by molar-refractivity contribution is 9.10. The molecule has 2 aromatic carbocycles. The van der Waals surface area contributed by atoms with Crippen LogP contribution in [0.25, 0.3) is 0 Å². The molecule has 0 bridgehead atoms. The van der Waals surface area contributed by atoms with Gasteiger partial charge in [-0.3, -0.25) is 0 Å². The van der Waals surface area contributed by atoms with Gasteiger partial charge in [-0.05, 0) is 35.4 Å². The molecule has 0 aliphatic heterocycles. The molecule has 0 radical (unpaired) electrons. The summed E-state index contributed by atoms with van der Waals surface area (Å²) in [6.07, 6.45) is 0. The van der Waals surface area contributed by atoms with Gasteiger partial charge in [0.15, 0.2) is 0 Å². The van der Waals surface area contributed by atoms with Crippen LogP contribution in [-0.4, -0.2) is 0 Å². The molecule has 0 heterocycles. The lowest BCUT2D eigenvalue weighted by molar-refractivity contribution is 0.304. The fourth-order valence-corrected chi connectivity index (χ4v) is 2.18. The van der Waals surface area contributed by atoms with Crippen LogP contribution in [0.15, 0.2) is 46.9 Å². The van der Waals surface area contributed by atoms with E-state index in [-0.39, 0.29) is 11.7 Å². The van der Waals surface area contributed by atoms with Crippen molar-refractivity contribution in [3.63, 3.8) is 0 Å². The van der Waals surface area contributed by atoms with Gasteiger partial charge in [-0.2, -0.15) is 0 Å². The predicted molar refractivity (Wildman–Crippen MR) is 74.4 cm³/mol. The van der Waals surface area contributed by atoms with E-state index in [1.54, 1.807) is 6.07 Å². The second-order valence-corrected chi connectivity index (χ2v) is 5.03. The maximum atomic E-state index is 13.3. The van der Waals surface area contributed by atoms with Crippen LogP contribution in [0.1, 0.15) is 11.1 Å². The van der Waals surface area contributed by atoms with E-state index in [0.29, 0.717) is 17.9 Å². The molecule has 0 saturated heterocycles. The summed E-state index contributed by atoms with van der Waals surface area (Å²) in [5.74, 6) is 0.424. The molecule has 0 N–H and O–H groups in total. The van der Waals surface area contributed by atoms with Crippen LogP contribution in [0, 0.1) is 5.82 Å². The Morgan fingerprint density at radius 2 is 1.94 bits per heavy atom. The lowest BCUT2D eigenvalue weighted by Gasteiger charge is -2.08. The van der Waals surface area contributed by atoms with Gasteiger partial charge in [-0.25, -0.2) is 4.39 Å². The molecule has 0 aliphatic rings. The Kier molecular flexibility index (Phi) is 4.61. The molecule has 0 aromatic heterocycles. The van der Waals surface area contributed by atoms with E-state index < -0.39 is 0 Å². The summed E-state index contributed by atoms with van der Waals surface area (Å²) >= 11 is 9.07. The Morgan fingerprint density at radius 1 is 1.11 bits per heavy atom. The first kappa shape index (κ1) is 13.4. The molecule has 0 amide bonds. The summed E-state index contributed by atoms with van der Waals surface area (Å²) in [4.78, 5) is 0. The van der Waals surface area contributed by atoms with Crippen molar-refractivity contribution in [2.45, 2.75) is 12.5 Å². The van der Waals surface area contributed by atoms with Gasteiger partial charge in [-0.1, -0.05) is 28.1 Å². The minimum Gasteiger partial charge on any atom is -0.489 e. The third kappa shape index (κ3) is 3.72. The lowest BCUT2D eigenvalue weighted by atomic mass is 10.2. The number of ether oxygens (including phenoxy) is 1. The predicted octanol–water partition coefficient (Wildman–Crippen LogP) is 4.91. The van der Waals surface area contributed by atoms with Gasteiger partial charge < -0.3 is 4.74 Å². The Morgan fingerprint density at radius 3 is 2.67 bits per heavy atom. The average molecular weight is 330 g/mol. The Hall–Kier alpha value is -1.06. The highest BCUT2D eigenvalue weighted by Gasteiger charge is 2.02. The molecule has 0 fully saturated rings. The maximum Gasteiger partial charge on any atom is 0.127 e. The van der Waals surface area contributed by atoms with Crippen LogP contribution in [0.3, 0.4) is 0 Å². The van der Waals surface area contributed by atoms with Crippen molar-refractivity contribution in [1.29, 1.82) is 0 Å². The van der Waals surface area contributed by atoms with Gasteiger partial charge in [0.05, 0.1) is 0 Å². The summed E-state index contributed by atoms with van der Waals surface area (Å²) < 4.78 is 19.8. The normalized spacial score (nSPS) is 10.4. The van der Waals surface area contributed by atoms with Crippen LogP contribution in [-0.2, 0) is 12.5 Å². The number of hydrogen-bond acceptors (Lipinski definition) is 1. The molecule has 0 unspecified atom stereocenters. The third-order valence-corrected chi connectivity index (χ3v) is 3.18. The van der Waals surface area contributed by atoms with Crippen LogP contribution >= 0.6 is 27.5 Å². The Bertz CT molecular complexity index is 545. The van der Waals surface area contributed by atoms with Gasteiger partial charge >= 0.3 is 0 Å². The van der Waals surface area contributed by atoms with E-state index in [1.807, 2.05) is 24.3 Å². The molecule has 4 heteroatoms. The van der Waals surface area contributed by atoms with Crippen LogP contribution in [0.4, 0.5) is 4.39 Å². The van der Waals surface area contributed by atoms with Crippen molar-refractivity contribution in [3.05, 3.63) is 63.9 Å². The largest absolute Gasteiger partial charge is 0.489 e. The lowest BCUT2D eigenvalue weighted by Crippen LogP contribution is -1.96. The number of hydrogen-bond donors (Lipinski definition) is 0. The van der Waals surface area contributed by atoms with Gasteiger partial charge in [0.25, 0.3) is 0 Å². The van der Waals surface area contributed by atoms with Crippen LogP contribution in [0.2, 0.25) is 0 Å². The number of halogens is 3. The van der Waals surface area contributed by atoms with Crippen molar-refractivity contribution >= 4 is 27.5 Å². The minimum atomic E-state index is -0.336. The molecule has 2 aromatic rings. The monoisotopic (exact) mass is 328 g/mol. The van der Waals surface area contributed by atoms with Gasteiger partial charge in [0.2, 0.25) is 0 Å². The zero-order chi connectivity index (χ0) is 13.0. The molecule has 94 valence electrons. The first-order valence-corrected chi connectivity index (χ1v) is 6.73. The Balaban J connectivity index is 2.08.